The molecular weight excluding hydrogens is 362 g/mol. The minimum absolute atomic E-state index is 0.189. The minimum Gasteiger partial charge on any atom is -0.482 e. The molecule has 0 radical (unpaired) electrons. The number of nitrogens with one attached hydrogen (secondary N) is 1. The molecule has 0 saturated heterocycles. The van der Waals surface area contributed by atoms with Crippen LogP contribution in [0.15, 0.2) is 28.7 Å². The maximum atomic E-state index is 11.8. The van der Waals surface area contributed by atoms with Gasteiger partial charge in [-0.1, -0.05) is 35.7 Å². The van der Waals surface area contributed by atoms with Gasteiger partial charge < -0.3 is 14.8 Å². The Labute approximate surface area is 144 Å². The second kappa shape index (κ2) is 8.91. The molecule has 2 rings (SSSR count). The molecule has 0 aromatic heterocycles. The average molecular weight is 384 g/mol. The van der Waals surface area contributed by atoms with E-state index in [1.165, 1.54) is 6.42 Å². The van der Waals surface area contributed by atoms with Crippen molar-refractivity contribution in [2.45, 2.75) is 38.6 Å². The zero-order valence-corrected chi connectivity index (χ0v) is 14.8. The second-order valence-corrected chi connectivity index (χ2v) is 6.75. The molecule has 0 heterocycles. The molecule has 1 aliphatic carbocycles. The monoisotopic (exact) mass is 383 g/mol. The van der Waals surface area contributed by atoms with Gasteiger partial charge in [-0.05, 0) is 43.0 Å². The van der Waals surface area contributed by atoms with Gasteiger partial charge in [0.2, 0.25) is 0 Å². The van der Waals surface area contributed by atoms with Gasteiger partial charge in [0.25, 0.3) is 5.91 Å². The maximum absolute atomic E-state index is 11.8. The van der Waals surface area contributed by atoms with Gasteiger partial charge in [0.05, 0.1) is 0 Å². The fourth-order valence-electron chi connectivity index (χ4n) is 2.64. The van der Waals surface area contributed by atoms with Gasteiger partial charge >= 0.3 is 5.97 Å². The summed E-state index contributed by atoms with van der Waals surface area (Å²) in [6.45, 7) is 1.67. The summed E-state index contributed by atoms with van der Waals surface area (Å²) < 4.78 is 11.2. The van der Waals surface area contributed by atoms with Crippen molar-refractivity contribution >= 4 is 27.8 Å². The number of esters is 1. The number of benzene rings is 1. The lowest BCUT2D eigenvalue weighted by molar-refractivity contribution is -0.150. The summed E-state index contributed by atoms with van der Waals surface area (Å²) in [5, 5.41) is 2.94. The van der Waals surface area contributed by atoms with Crippen LogP contribution in [0.2, 0.25) is 0 Å². The Kier molecular flexibility index (Phi) is 6.89. The standard InChI is InChI=1S/C17H22BrNO4/c1-12-4-2-3-5-15(12)19-16(20)10-23-17(21)11-22-14-8-6-13(18)7-9-14/h6-9,12,15H,2-5,10-11H2,1H3,(H,19,20)/t12-,15-/m0/s1. The summed E-state index contributed by atoms with van der Waals surface area (Å²) in [6.07, 6.45) is 4.48. The first kappa shape index (κ1) is 17.8. The Morgan fingerprint density at radius 3 is 2.57 bits per heavy atom. The number of amides is 1. The van der Waals surface area contributed by atoms with E-state index >= 15 is 0 Å². The van der Waals surface area contributed by atoms with E-state index < -0.39 is 5.97 Å². The first-order chi connectivity index (χ1) is 11.0. The fourth-order valence-corrected chi connectivity index (χ4v) is 2.90. The molecule has 6 heteroatoms. The van der Waals surface area contributed by atoms with Crippen LogP contribution >= 0.6 is 15.9 Å². The van der Waals surface area contributed by atoms with Crippen molar-refractivity contribution in [1.29, 1.82) is 0 Å². The van der Waals surface area contributed by atoms with Crippen molar-refractivity contribution in [3.05, 3.63) is 28.7 Å². The molecule has 1 saturated carbocycles. The van der Waals surface area contributed by atoms with Gasteiger partial charge in [-0.25, -0.2) is 4.79 Å². The predicted octanol–water partition coefficient (Wildman–Crippen LogP) is 3.07. The number of rotatable bonds is 6. The van der Waals surface area contributed by atoms with Gasteiger partial charge in [-0.3, -0.25) is 4.79 Å². The third-order valence-corrected chi connectivity index (χ3v) is 4.52. The van der Waals surface area contributed by atoms with Crippen LogP contribution < -0.4 is 10.1 Å². The van der Waals surface area contributed by atoms with Crippen molar-refractivity contribution in [3.8, 4) is 5.75 Å². The number of carbonyl (C=O) groups is 2. The molecule has 1 aliphatic rings. The van der Waals surface area contributed by atoms with E-state index in [-0.39, 0.29) is 25.2 Å². The topological polar surface area (TPSA) is 64.6 Å². The van der Waals surface area contributed by atoms with E-state index in [1.807, 2.05) is 12.1 Å². The highest BCUT2D eigenvalue weighted by Crippen LogP contribution is 2.23. The molecule has 0 spiro atoms. The smallest absolute Gasteiger partial charge is 0.344 e. The van der Waals surface area contributed by atoms with Crippen LogP contribution in [0.25, 0.3) is 0 Å². The lowest BCUT2D eigenvalue weighted by Crippen LogP contribution is -2.43. The molecule has 126 valence electrons. The molecule has 1 amide bonds. The van der Waals surface area contributed by atoms with Crippen molar-refractivity contribution in [3.63, 3.8) is 0 Å². The summed E-state index contributed by atoms with van der Waals surface area (Å²) in [6, 6.07) is 7.32. The molecule has 1 aromatic carbocycles. The fraction of sp³-hybridized carbons (Fsp3) is 0.529. The zero-order chi connectivity index (χ0) is 16.7. The van der Waals surface area contributed by atoms with Crippen LogP contribution in [0.1, 0.15) is 32.6 Å². The maximum Gasteiger partial charge on any atom is 0.344 e. The van der Waals surface area contributed by atoms with E-state index in [0.29, 0.717) is 11.7 Å². The highest BCUT2D eigenvalue weighted by Gasteiger charge is 2.23. The normalized spacial score (nSPS) is 20.6. The van der Waals surface area contributed by atoms with Crippen LogP contribution in [0.4, 0.5) is 0 Å². The molecule has 5 nitrogen and oxygen atoms in total. The Bertz CT molecular complexity index is 532. The Hall–Kier alpha value is -1.56. The van der Waals surface area contributed by atoms with E-state index in [1.54, 1.807) is 12.1 Å². The molecule has 0 bridgehead atoms. The lowest BCUT2D eigenvalue weighted by atomic mass is 9.86. The molecular formula is C17H22BrNO4. The van der Waals surface area contributed by atoms with Gasteiger partial charge in [-0.15, -0.1) is 0 Å². The minimum atomic E-state index is -0.556. The van der Waals surface area contributed by atoms with Gasteiger partial charge in [-0.2, -0.15) is 0 Å². The molecule has 1 aromatic rings. The largest absolute Gasteiger partial charge is 0.482 e. The molecule has 0 aliphatic heterocycles. The quantitative estimate of drug-likeness (QED) is 0.766. The van der Waals surface area contributed by atoms with Crippen LogP contribution in [0, 0.1) is 5.92 Å². The molecule has 0 unspecified atom stereocenters. The highest BCUT2D eigenvalue weighted by molar-refractivity contribution is 9.10. The summed E-state index contributed by atoms with van der Waals surface area (Å²) in [5.41, 5.74) is 0. The summed E-state index contributed by atoms with van der Waals surface area (Å²) in [5.74, 6) is 0.246. The van der Waals surface area contributed by atoms with Crippen molar-refractivity contribution < 1.29 is 19.1 Å². The van der Waals surface area contributed by atoms with E-state index in [0.717, 1.165) is 23.7 Å². The first-order valence-electron chi connectivity index (χ1n) is 7.88. The van der Waals surface area contributed by atoms with Crippen LogP contribution in [-0.2, 0) is 14.3 Å². The van der Waals surface area contributed by atoms with Gasteiger partial charge in [0.15, 0.2) is 13.2 Å². The SMILES string of the molecule is C[C@H]1CCCC[C@@H]1NC(=O)COC(=O)COc1ccc(Br)cc1. The summed E-state index contributed by atoms with van der Waals surface area (Å²) in [4.78, 5) is 23.4. The summed E-state index contributed by atoms with van der Waals surface area (Å²) >= 11 is 3.32. The first-order valence-corrected chi connectivity index (χ1v) is 8.67. The van der Waals surface area contributed by atoms with Crippen molar-refractivity contribution in [1.82, 2.24) is 5.32 Å². The molecule has 1 fully saturated rings. The van der Waals surface area contributed by atoms with E-state index in [2.05, 4.69) is 28.2 Å². The van der Waals surface area contributed by atoms with Crippen LogP contribution in [0.5, 0.6) is 5.75 Å². The lowest BCUT2D eigenvalue weighted by Gasteiger charge is -2.29. The summed E-state index contributed by atoms with van der Waals surface area (Å²) in [7, 11) is 0. The Balaban J connectivity index is 1.65. The van der Waals surface area contributed by atoms with Crippen LogP contribution in [-0.4, -0.2) is 31.1 Å². The van der Waals surface area contributed by atoms with E-state index in [9.17, 15) is 9.59 Å². The average Bonchev–Trinajstić information content (AvgIpc) is 2.54. The molecule has 1 N–H and O–H groups in total. The number of ether oxygens (including phenoxy) is 2. The number of halogens is 1. The van der Waals surface area contributed by atoms with Crippen molar-refractivity contribution in [2.75, 3.05) is 13.2 Å². The molecule has 2 atom stereocenters. The van der Waals surface area contributed by atoms with Crippen molar-refractivity contribution in [2.24, 2.45) is 5.92 Å². The zero-order valence-electron chi connectivity index (χ0n) is 13.2. The number of carbonyl (C=O) groups excluding carboxylic acids is 2. The second-order valence-electron chi connectivity index (χ2n) is 5.84. The Morgan fingerprint density at radius 1 is 1.17 bits per heavy atom. The Morgan fingerprint density at radius 2 is 1.87 bits per heavy atom. The van der Waals surface area contributed by atoms with Crippen LogP contribution in [0.3, 0.4) is 0 Å². The highest BCUT2D eigenvalue weighted by atomic mass is 79.9. The molecule has 23 heavy (non-hydrogen) atoms. The van der Waals surface area contributed by atoms with E-state index in [4.69, 9.17) is 9.47 Å². The van der Waals surface area contributed by atoms with Gasteiger partial charge in [0.1, 0.15) is 5.75 Å². The number of hydrogen-bond donors (Lipinski definition) is 1. The predicted molar refractivity (Wildman–Crippen MR) is 90.2 cm³/mol. The third-order valence-electron chi connectivity index (χ3n) is 3.99. The van der Waals surface area contributed by atoms with Gasteiger partial charge in [0, 0.05) is 10.5 Å². The number of hydrogen-bond acceptors (Lipinski definition) is 4. The third kappa shape index (κ3) is 6.22.